The highest BCUT2D eigenvalue weighted by atomic mass is 32.2. The highest BCUT2D eigenvalue weighted by molar-refractivity contribution is 7.99. The zero-order valence-electron chi connectivity index (χ0n) is 11.9. The Labute approximate surface area is 122 Å². The lowest BCUT2D eigenvalue weighted by atomic mass is 10.2. The molecule has 1 unspecified atom stereocenters. The molecule has 0 saturated heterocycles. The van der Waals surface area contributed by atoms with Gasteiger partial charge in [-0.15, -0.1) is 0 Å². The maximum Gasteiger partial charge on any atom is 0.328 e. The number of ether oxygens (including phenoxy) is 1. The van der Waals surface area contributed by atoms with Crippen LogP contribution in [0.1, 0.15) is 27.7 Å². The summed E-state index contributed by atoms with van der Waals surface area (Å²) in [6.07, 6.45) is 0. The zero-order valence-corrected chi connectivity index (χ0v) is 12.8. The van der Waals surface area contributed by atoms with E-state index >= 15 is 0 Å². The molecule has 1 rings (SSSR count). The van der Waals surface area contributed by atoms with Gasteiger partial charge in [-0.3, -0.25) is 0 Å². The van der Waals surface area contributed by atoms with Crippen molar-refractivity contribution in [2.75, 3.05) is 5.32 Å². The summed E-state index contributed by atoms with van der Waals surface area (Å²) in [7, 11) is 0. The van der Waals surface area contributed by atoms with Gasteiger partial charge in [-0.1, -0.05) is 23.9 Å². The Morgan fingerprint density at radius 3 is 2.45 bits per heavy atom. The summed E-state index contributed by atoms with van der Waals surface area (Å²) in [6.45, 7) is 6.96. The van der Waals surface area contributed by atoms with Gasteiger partial charge in [0.1, 0.15) is 11.6 Å². The predicted octanol–water partition coefficient (Wildman–Crippen LogP) is 4.14. The van der Waals surface area contributed by atoms with E-state index in [0.717, 1.165) is 0 Å². The van der Waals surface area contributed by atoms with Gasteiger partial charge in [-0.05, 0) is 39.8 Å². The molecule has 0 saturated carbocycles. The molecule has 1 N–H and O–H groups in total. The van der Waals surface area contributed by atoms with Gasteiger partial charge in [0.2, 0.25) is 0 Å². The third-order valence-corrected chi connectivity index (χ3v) is 3.02. The van der Waals surface area contributed by atoms with E-state index in [0.29, 0.717) is 22.3 Å². The predicted molar refractivity (Wildman–Crippen MR) is 77.2 cm³/mol. The van der Waals surface area contributed by atoms with Crippen LogP contribution in [0, 0.1) is 0 Å². The number of anilines is 1. The molecule has 3 nitrogen and oxygen atoms in total. The molecule has 0 aliphatic heterocycles. The third kappa shape index (κ3) is 5.77. The van der Waals surface area contributed by atoms with Crippen molar-refractivity contribution in [3.63, 3.8) is 0 Å². The van der Waals surface area contributed by atoms with Gasteiger partial charge in [0.15, 0.2) is 0 Å². The second-order valence-corrected chi connectivity index (χ2v) is 6.31. The van der Waals surface area contributed by atoms with E-state index in [1.165, 1.54) is 0 Å². The molecule has 0 aliphatic rings. The fraction of sp³-hybridized carbons (Fsp3) is 0.500. The summed E-state index contributed by atoms with van der Waals surface area (Å²) >= 11 is 0.444. The van der Waals surface area contributed by atoms with Gasteiger partial charge in [0.05, 0.1) is 0 Å². The first kappa shape index (κ1) is 16.8. The van der Waals surface area contributed by atoms with E-state index in [-0.39, 0.29) is 0 Å². The number of benzene rings is 1. The lowest BCUT2D eigenvalue weighted by Gasteiger charge is -2.23. The van der Waals surface area contributed by atoms with Crippen LogP contribution < -0.4 is 5.32 Å². The molecule has 20 heavy (non-hydrogen) atoms. The Bertz CT molecular complexity index is 461. The molecule has 0 bridgehead atoms. The van der Waals surface area contributed by atoms with E-state index < -0.39 is 23.4 Å². The third-order valence-electron chi connectivity index (χ3n) is 2.24. The van der Waals surface area contributed by atoms with Gasteiger partial charge in [0, 0.05) is 10.6 Å². The Morgan fingerprint density at radius 2 is 1.90 bits per heavy atom. The van der Waals surface area contributed by atoms with E-state index in [2.05, 4.69) is 5.32 Å². The van der Waals surface area contributed by atoms with Gasteiger partial charge in [-0.25, -0.2) is 4.79 Å². The summed E-state index contributed by atoms with van der Waals surface area (Å²) in [5.74, 6) is -2.93. The van der Waals surface area contributed by atoms with Crippen LogP contribution in [-0.2, 0) is 9.53 Å². The summed E-state index contributed by atoms with van der Waals surface area (Å²) in [6, 6.07) is 6.02. The largest absolute Gasteiger partial charge is 0.458 e. The van der Waals surface area contributed by atoms with Crippen LogP contribution in [0.5, 0.6) is 0 Å². The number of halogens is 2. The lowest BCUT2D eigenvalue weighted by molar-refractivity contribution is -0.155. The van der Waals surface area contributed by atoms with Gasteiger partial charge in [-0.2, -0.15) is 8.78 Å². The van der Waals surface area contributed by atoms with E-state index in [1.54, 1.807) is 52.0 Å². The van der Waals surface area contributed by atoms with E-state index in [9.17, 15) is 13.6 Å². The quantitative estimate of drug-likeness (QED) is 0.655. The Kier molecular flexibility index (Phi) is 5.80. The average molecular weight is 303 g/mol. The fourth-order valence-corrected chi connectivity index (χ4v) is 2.07. The molecule has 0 amide bonds. The molecule has 0 aliphatic carbocycles. The minimum absolute atomic E-state index is 0.401. The maximum absolute atomic E-state index is 12.5. The van der Waals surface area contributed by atoms with Crippen molar-refractivity contribution in [3.8, 4) is 0 Å². The van der Waals surface area contributed by atoms with Crippen molar-refractivity contribution in [2.24, 2.45) is 0 Å². The lowest BCUT2D eigenvalue weighted by Crippen LogP contribution is -2.34. The highest BCUT2D eigenvalue weighted by Gasteiger charge is 2.22. The van der Waals surface area contributed by atoms with Crippen LogP contribution >= 0.6 is 11.8 Å². The van der Waals surface area contributed by atoms with Crippen molar-refractivity contribution < 1.29 is 18.3 Å². The van der Waals surface area contributed by atoms with Crippen LogP contribution in [-0.4, -0.2) is 23.4 Å². The molecular formula is C14H19F2NO2S. The molecule has 0 fully saturated rings. The maximum atomic E-state index is 12.5. The molecule has 1 atom stereocenters. The van der Waals surface area contributed by atoms with Crippen molar-refractivity contribution in [3.05, 3.63) is 24.3 Å². The number of hydrogen-bond acceptors (Lipinski definition) is 4. The SMILES string of the molecule is CC(Nc1ccccc1SC(F)F)C(=O)OC(C)(C)C. The van der Waals surface area contributed by atoms with Crippen LogP contribution in [0.25, 0.3) is 0 Å². The monoisotopic (exact) mass is 303 g/mol. The first-order valence-electron chi connectivity index (χ1n) is 6.22. The van der Waals surface area contributed by atoms with Gasteiger partial charge < -0.3 is 10.1 Å². The second-order valence-electron chi connectivity index (χ2n) is 5.27. The number of rotatable bonds is 5. The molecule has 1 aromatic rings. The number of para-hydroxylation sites is 1. The normalized spacial score (nSPS) is 13.2. The highest BCUT2D eigenvalue weighted by Crippen LogP contribution is 2.32. The Hall–Kier alpha value is -1.30. The van der Waals surface area contributed by atoms with Gasteiger partial charge >= 0.3 is 5.97 Å². The molecule has 6 heteroatoms. The minimum Gasteiger partial charge on any atom is -0.458 e. The standard InChI is InChI=1S/C14H19F2NO2S/c1-9(12(18)19-14(2,3)4)17-10-7-5-6-8-11(10)20-13(15)16/h5-9,13,17H,1-4H3. The van der Waals surface area contributed by atoms with Crippen LogP contribution in [0.2, 0.25) is 0 Å². The van der Waals surface area contributed by atoms with Crippen LogP contribution in [0.4, 0.5) is 14.5 Å². The Morgan fingerprint density at radius 1 is 1.30 bits per heavy atom. The summed E-state index contributed by atoms with van der Waals surface area (Å²) < 4.78 is 30.2. The number of alkyl halides is 2. The molecular weight excluding hydrogens is 284 g/mol. The first-order chi connectivity index (χ1) is 9.19. The fourth-order valence-electron chi connectivity index (χ4n) is 1.47. The molecule has 112 valence electrons. The smallest absolute Gasteiger partial charge is 0.328 e. The van der Waals surface area contributed by atoms with Crippen molar-refractivity contribution in [1.29, 1.82) is 0 Å². The average Bonchev–Trinajstić information content (AvgIpc) is 2.28. The molecule has 0 radical (unpaired) electrons. The Balaban J connectivity index is 2.75. The van der Waals surface area contributed by atoms with Crippen molar-refractivity contribution >= 4 is 23.4 Å². The van der Waals surface area contributed by atoms with Crippen molar-refractivity contribution in [2.45, 2.75) is 50.0 Å². The number of carbonyl (C=O) groups excluding carboxylic acids is 1. The summed E-state index contributed by atoms with van der Waals surface area (Å²) in [4.78, 5) is 12.3. The zero-order chi connectivity index (χ0) is 15.3. The van der Waals surface area contributed by atoms with E-state index in [4.69, 9.17) is 4.74 Å². The van der Waals surface area contributed by atoms with Crippen LogP contribution in [0.3, 0.4) is 0 Å². The topological polar surface area (TPSA) is 38.3 Å². The summed E-state index contributed by atoms with van der Waals surface area (Å²) in [5, 5.41) is 2.91. The number of thioether (sulfide) groups is 1. The molecule has 0 heterocycles. The molecule has 1 aromatic carbocycles. The number of nitrogens with one attached hydrogen (secondary N) is 1. The van der Waals surface area contributed by atoms with Crippen molar-refractivity contribution in [1.82, 2.24) is 0 Å². The molecule has 0 aromatic heterocycles. The van der Waals surface area contributed by atoms with E-state index in [1.807, 2.05) is 0 Å². The number of esters is 1. The van der Waals surface area contributed by atoms with Gasteiger partial charge in [0.25, 0.3) is 5.76 Å². The minimum atomic E-state index is -2.50. The number of hydrogen-bond donors (Lipinski definition) is 1. The summed E-state index contributed by atoms with van der Waals surface area (Å²) in [5.41, 5.74) is -0.0827. The number of carbonyl (C=O) groups is 1. The second kappa shape index (κ2) is 6.92. The van der Waals surface area contributed by atoms with Crippen LogP contribution in [0.15, 0.2) is 29.2 Å². The molecule has 0 spiro atoms. The first-order valence-corrected chi connectivity index (χ1v) is 7.10.